The number of hydrogen-bond acceptors (Lipinski definition) is 9. The van der Waals surface area contributed by atoms with Crippen LogP contribution in [0.2, 0.25) is 0 Å². The van der Waals surface area contributed by atoms with Crippen molar-refractivity contribution in [2.75, 3.05) is 11.9 Å². The molecule has 0 radical (unpaired) electrons. The fourth-order valence-electron chi connectivity index (χ4n) is 4.37. The molecule has 1 aromatic heterocycles. The smallest absolute Gasteiger partial charge is 0.362 e. The van der Waals surface area contributed by atoms with Crippen LogP contribution in [-0.2, 0) is 29.4 Å². The molecule has 0 saturated heterocycles. The maximum absolute atomic E-state index is 13.0. The fourth-order valence-corrected chi connectivity index (χ4v) is 5.12. The van der Waals surface area contributed by atoms with Gasteiger partial charge >= 0.3 is 11.9 Å². The number of nitrogens with zero attached hydrogens (tertiary/aromatic N) is 2. The molecule has 0 fully saturated rings. The van der Waals surface area contributed by atoms with Crippen LogP contribution in [0, 0.1) is 0 Å². The number of aromatic nitrogens is 1. The number of nitrogens with one attached hydrogen (secondary N) is 1. The van der Waals surface area contributed by atoms with Crippen LogP contribution in [0.25, 0.3) is 0 Å². The number of carbonyl (C=O) groups is 2. The zero-order valence-electron chi connectivity index (χ0n) is 25.3. The number of oxime groups is 1. The molecular weight excluding hydrogens is 562 g/mol. The molecule has 9 heteroatoms. The van der Waals surface area contributed by atoms with Gasteiger partial charge in [0.2, 0.25) is 11.3 Å². The van der Waals surface area contributed by atoms with E-state index in [1.807, 2.05) is 54.6 Å². The molecule has 0 aliphatic heterocycles. The molecule has 0 unspecified atom stereocenters. The maximum atomic E-state index is 13.0. The van der Waals surface area contributed by atoms with E-state index in [1.54, 1.807) is 33.1 Å². The van der Waals surface area contributed by atoms with Gasteiger partial charge in [0.1, 0.15) is 16.8 Å². The van der Waals surface area contributed by atoms with Crippen LogP contribution in [0.15, 0.2) is 102 Å². The van der Waals surface area contributed by atoms with Gasteiger partial charge in [0.25, 0.3) is 0 Å². The molecule has 3 aromatic carbocycles. The SMILES string of the molecule is CCOC(=O)C(=NOC(C)(C)C(=O)OC(C)(C)C)c1csc(NC(c2ccccc2)(c2ccccc2)c2ccccc2)n1. The van der Waals surface area contributed by atoms with Crippen LogP contribution in [0.4, 0.5) is 5.13 Å². The molecule has 4 rings (SSSR count). The minimum absolute atomic E-state index is 0.127. The predicted molar refractivity (Wildman–Crippen MR) is 169 cm³/mol. The molecule has 0 saturated carbocycles. The monoisotopic (exact) mass is 599 g/mol. The summed E-state index contributed by atoms with van der Waals surface area (Å²) in [5.41, 5.74) is 0.105. The van der Waals surface area contributed by atoms with Crippen molar-refractivity contribution in [2.45, 2.75) is 58.3 Å². The first-order chi connectivity index (χ1) is 20.5. The van der Waals surface area contributed by atoms with Crippen molar-refractivity contribution in [1.82, 2.24) is 4.98 Å². The van der Waals surface area contributed by atoms with Crippen LogP contribution in [0.1, 0.15) is 63.9 Å². The van der Waals surface area contributed by atoms with E-state index in [9.17, 15) is 9.59 Å². The number of ether oxygens (including phenoxy) is 2. The summed E-state index contributed by atoms with van der Waals surface area (Å²) in [6.07, 6.45) is 0. The van der Waals surface area contributed by atoms with Gasteiger partial charge in [-0.1, -0.05) is 96.2 Å². The Morgan fingerprint density at radius 1 is 0.814 bits per heavy atom. The summed E-state index contributed by atoms with van der Waals surface area (Å²) in [5, 5.41) is 10.0. The molecule has 0 amide bonds. The highest BCUT2D eigenvalue weighted by Gasteiger charge is 2.38. The van der Waals surface area contributed by atoms with E-state index in [1.165, 1.54) is 25.2 Å². The summed E-state index contributed by atoms with van der Waals surface area (Å²) in [4.78, 5) is 36.1. The molecule has 0 aliphatic rings. The number of benzene rings is 3. The summed E-state index contributed by atoms with van der Waals surface area (Å²) in [7, 11) is 0. The number of hydrogen-bond donors (Lipinski definition) is 1. The quantitative estimate of drug-likeness (QED) is 0.0862. The average molecular weight is 600 g/mol. The topological polar surface area (TPSA) is 99.1 Å². The molecule has 4 aromatic rings. The lowest BCUT2D eigenvalue weighted by atomic mass is 9.77. The van der Waals surface area contributed by atoms with Crippen molar-refractivity contribution >= 4 is 34.1 Å². The lowest BCUT2D eigenvalue weighted by molar-refractivity contribution is -0.179. The average Bonchev–Trinajstić information content (AvgIpc) is 3.44. The van der Waals surface area contributed by atoms with E-state index in [0.29, 0.717) is 5.13 Å². The Hall–Kier alpha value is -4.50. The third kappa shape index (κ3) is 7.48. The first-order valence-electron chi connectivity index (χ1n) is 14.0. The van der Waals surface area contributed by atoms with Crippen molar-refractivity contribution in [3.8, 4) is 0 Å². The third-order valence-corrected chi connectivity index (χ3v) is 7.14. The summed E-state index contributed by atoms with van der Waals surface area (Å²) in [6, 6.07) is 30.4. The highest BCUT2D eigenvalue weighted by atomic mass is 32.1. The standard InChI is InChI=1S/C34H37N3O5S/c1-7-40-29(38)28(37-42-33(5,6)30(39)41-32(2,3)4)27-23-43-31(35-27)36-34(24-17-11-8-12-18-24,25-19-13-9-14-20-25)26-21-15-10-16-22-26/h8-23H,7H2,1-6H3,(H,35,36). The maximum Gasteiger partial charge on any atom is 0.362 e. The Bertz CT molecular complexity index is 1450. The number of anilines is 1. The van der Waals surface area contributed by atoms with Gasteiger partial charge in [0.05, 0.1) is 6.61 Å². The molecule has 8 nitrogen and oxygen atoms in total. The van der Waals surface area contributed by atoms with Crippen molar-refractivity contribution in [1.29, 1.82) is 0 Å². The van der Waals surface area contributed by atoms with Crippen molar-refractivity contribution in [2.24, 2.45) is 5.16 Å². The Morgan fingerprint density at radius 3 is 1.74 bits per heavy atom. The lowest BCUT2D eigenvalue weighted by Gasteiger charge is -2.36. The van der Waals surface area contributed by atoms with Crippen molar-refractivity contribution in [3.63, 3.8) is 0 Å². The predicted octanol–water partition coefficient (Wildman–Crippen LogP) is 6.95. The van der Waals surface area contributed by atoms with Gasteiger partial charge in [-0.25, -0.2) is 14.6 Å². The van der Waals surface area contributed by atoms with Crippen LogP contribution >= 0.6 is 11.3 Å². The summed E-state index contributed by atoms with van der Waals surface area (Å²) in [5.74, 6) is -1.34. The summed E-state index contributed by atoms with van der Waals surface area (Å²) < 4.78 is 10.7. The molecule has 1 heterocycles. The van der Waals surface area contributed by atoms with Gasteiger partial charge in [0, 0.05) is 5.38 Å². The molecule has 0 spiro atoms. The summed E-state index contributed by atoms with van der Waals surface area (Å²) >= 11 is 1.31. The van der Waals surface area contributed by atoms with Crippen LogP contribution in [-0.4, -0.2) is 40.4 Å². The zero-order valence-corrected chi connectivity index (χ0v) is 26.1. The molecular formula is C34H37N3O5S. The first-order valence-corrected chi connectivity index (χ1v) is 14.9. The van der Waals surface area contributed by atoms with Gasteiger partial charge in [-0.3, -0.25) is 0 Å². The van der Waals surface area contributed by atoms with E-state index in [0.717, 1.165) is 16.7 Å². The second-order valence-electron chi connectivity index (χ2n) is 11.3. The van der Waals surface area contributed by atoms with Crippen LogP contribution in [0.3, 0.4) is 0 Å². The van der Waals surface area contributed by atoms with E-state index < -0.39 is 28.7 Å². The second-order valence-corrected chi connectivity index (χ2v) is 12.1. The number of carbonyl (C=O) groups excluding carboxylic acids is 2. The van der Waals surface area contributed by atoms with E-state index in [2.05, 4.69) is 46.9 Å². The zero-order chi connectivity index (χ0) is 31.1. The van der Waals surface area contributed by atoms with Crippen LogP contribution in [0.5, 0.6) is 0 Å². The fraction of sp³-hybridized carbons (Fsp3) is 0.294. The van der Waals surface area contributed by atoms with E-state index >= 15 is 0 Å². The molecule has 224 valence electrons. The van der Waals surface area contributed by atoms with Gasteiger partial charge in [0.15, 0.2) is 5.13 Å². The number of esters is 2. The van der Waals surface area contributed by atoms with Crippen molar-refractivity contribution in [3.05, 3.63) is 119 Å². The molecule has 0 atom stereocenters. The summed E-state index contributed by atoms with van der Waals surface area (Å²) in [6.45, 7) is 10.2. The largest absolute Gasteiger partial charge is 0.461 e. The van der Waals surface area contributed by atoms with Crippen molar-refractivity contribution < 1.29 is 23.9 Å². The van der Waals surface area contributed by atoms with Gasteiger partial charge in [-0.05, 0) is 58.2 Å². The second kappa shape index (κ2) is 13.2. The Kier molecular flexibility index (Phi) is 9.66. The Balaban J connectivity index is 1.77. The minimum Gasteiger partial charge on any atom is -0.461 e. The Labute approximate surface area is 256 Å². The number of rotatable bonds is 11. The highest BCUT2D eigenvalue weighted by Crippen LogP contribution is 2.40. The van der Waals surface area contributed by atoms with Gasteiger partial charge < -0.3 is 19.6 Å². The molecule has 0 aliphatic carbocycles. The highest BCUT2D eigenvalue weighted by molar-refractivity contribution is 7.14. The molecule has 0 bridgehead atoms. The van der Waals surface area contributed by atoms with Gasteiger partial charge in [-0.2, -0.15) is 0 Å². The minimum atomic E-state index is -1.47. The van der Waals surface area contributed by atoms with Gasteiger partial charge in [-0.15, -0.1) is 11.3 Å². The number of thiazole rings is 1. The van der Waals surface area contributed by atoms with E-state index in [4.69, 9.17) is 19.3 Å². The normalized spacial score (nSPS) is 12.4. The molecule has 1 N–H and O–H groups in total. The lowest BCUT2D eigenvalue weighted by Crippen LogP contribution is -2.40. The van der Waals surface area contributed by atoms with E-state index in [-0.39, 0.29) is 18.0 Å². The molecule has 43 heavy (non-hydrogen) atoms. The first kappa shape index (κ1) is 31.4. The van der Waals surface area contributed by atoms with Crippen LogP contribution < -0.4 is 5.32 Å². The third-order valence-electron chi connectivity index (χ3n) is 6.39. The Morgan fingerprint density at radius 2 is 1.30 bits per heavy atom.